The van der Waals surface area contributed by atoms with Gasteiger partial charge in [0.2, 0.25) is 0 Å². The fourth-order valence-electron chi connectivity index (χ4n) is 3.96. The SMILES string of the molecule is OC1(c2ccc(Cl)cc2)CCN(CCCCCN(CCS)CCNCCS)CC1. The van der Waals surface area contributed by atoms with Crippen LogP contribution in [0.5, 0.6) is 0 Å². The lowest BCUT2D eigenvalue weighted by atomic mass is 9.84. The van der Waals surface area contributed by atoms with Crippen molar-refractivity contribution in [3.05, 3.63) is 34.9 Å². The molecule has 0 aliphatic carbocycles. The van der Waals surface area contributed by atoms with E-state index in [4.69, 9.17) is 11.6 Å². The Kier molecular flexibility index (Phi) is 12.4. The molecule has 1 aromatic rings. The summed E-state index contributed by atoms with van der Waals surface area (Å²) in [6.07, 6.45) is 5.31. The lowest BCUT2D eigenvalue weighted by molar-refractivity contribution is -0.0261. The number of rotatable bonds is 14. The van der Waals surface area contributed by atoms with Gasteiger partial charge in [-0.05, 0) is 56.5 Å². The topological polar surface area (TPSA) is 38.7 Å². The minimum Gasteiger partial charge on any atom is -0.385 e. The van der Waals surface area contributed by atoms with Crippen molar-refractivity contribution in [3.8, 4) is 0 Å². The summed E-state index contributed by atoms with van der Waals surface area (Å²) in [6, 6.07) is 7.66. The molecule has 0 atom stereocenters. The van der Waals surface area contributed by atoms with Gasteiger partial charge in [0.05, 0.1) is 5.60 Å². The molecule has 0 unspecified atom stereocenters. The maximum absolute atomic E-state index is 11.0. The predicted octanol–water partition coefficient (Wildman–Crippen LogP) is 3.54. The second-order valence-electron chi connectivity index (χ2n) is 7.98. The van der Waals surface area contributed by atoms with Crippen LogP contribution in [0.4, 0.5) is 0 Å². The van der Waals surface area contributed by atoms with E-state index in [1.54, 1.807) is 0 Å². The van der Waals surface area contributed by atoms with E-state index in [1.165, 1.54) is 19.3 Å². The molecule has 29 heavy (non-hydrogen) atoms. The number of piperidine rings is 1. The second kappa shape index (κ2) is 14.2. The monoisotopic (exact) mass is 459 g/mol. The van der Waals surface area contributed by atoms with E-state index < -0.39 is 5.60 Å². The van der Waals surface area contributed by atoms with Crippen molar-refractivity contribution in [2.75, 3.05) is 63.9 Å². The van der Waals surface area contributed by atoms with Gasteiger partial charge < -0.3 is 20.2 Å². The van der Waals surface area contributed by atoms with E-state index >= 15 is 0 Å². The number of hydrogen-bond acceptors (Lipinski definition) is 6. The van der Waals surface area contributed by atoms with Crippen molar-refractivity contribution in [2.45, 2.75) is 37.7 Å². The van der Waals surface area contributed by atoms with Crippen molar-refractivity contribution in [1.82, 2.24) is 15.1 Å². The Morgan fingerprint density at radius 2 is 1.69 bits per heavy atom. The molecule has 1 aromatic carbocycles. The van der Waals surface area contributed by atoms with Crippen LogP contribution >= 0.6 is 36.9 Å². The van der Waals surface area contributed by atoms with Gasteiger partial charge in [-0.15, -0.1) is 0 Å². The normalized spacial score (nSPS) is 17.1. The minimum atomic E-state index is -0.699. The quantitative estimate of drug-likeness (QED) is 0.253. The summed E-state index contributed by atoms with van der Waals surface area (Å²) in [5.41, 5.74) is 0.296. The molecular formula is C22H38ClN3OS2. The lowest BCUT2D eigenvalue weighted by Crippen LogP contribution is -2.42. The van der Waals surface area contributed by atoms with Crippen LogP contribution in [0, 0.1) is 0 Å². The summed E-state index contributed by atoms with van der Waals surface area (Å²) in [4.78, 5) is 5.00. The van der Waals surface area contributed by atoms with Crippen LogP contribution in [0.1, 0.15) is 37.7 Å². The Hall–Kier alpha value is 0.0500. The number of benzene rings is 1. The van der Waals surface area contributed by atoms with E-state index in [0.717, 1.165) is 87.3 Å². The molecule has 2 N–H and O–H groups in total. The van der Waals surface area contributed by atoms with Crippen molar-refractivity contribution in [2.24, 2.45) is 0 Å². The van der Waals surface area contributed by atoms with Crippen LogP contribution in [0.15, 0.2) is 24.3 Å². The van der Waals surface area contributed by atoms with Gasteiger partial charge in [-0.2, -0.15) is 25.3 Å². The summed E-state index contributed by atoms with van der Waals surface area (Å²) in [5.74, 6) is 1.80. The number of thiol groups is 2. The lowest BCUT2D eigenvalue weighted by Gasteiger charge is -2.38. The van der Waals surface area contributed by atoms with Crippen molar-refractivity contribution >= 4 is 36.9 Å². The minimum absolute atomic E-state index is 0.699. The number of aliphatic hydroxyl groups is 1. The molecular weight excluding hydrogens is 422 g/mol. The summed E-state index contributed by atoms with van der Waals surface area (Å²) < 4.78 is 0. The zero-order chi connectivity index (χ0) is 21.0. The maximum Gasteiger partial charge on any atom is 0.0920 e. The smallest absolute Gasteiger partial charge is 0.0920 e. The van der Waals surface area contributed by atoms with Gasteiger partial charge in [0.15, 0.2) is 0 Å². The van der Waals surface area contributed by atoms with Crippen molar-refractivity contribution < 1.29 is 5.11 Å². The molecule has 0 radical (unpaired) electrons. The molecule has 166 valence electrons. The zero-order valence-electron chi connectivity index (χ0n) is 17.5. The third-order valence-corrected chi connectivity index (χ3v) is 6.50. The predicted molar refractivity (Wildman–Crippen MR) is 132 cm³/mol. The Morgan fingerprint density at radius 3 is 2.34 bits per heavy atom. The Balaban J connectivity index is 1.59. The summed E-state index contributed by atoms with van der Waals surface area (Å²) in [6.45, 7) is 8.35. The number of likely N-dealkylation sites (tertiary alicyclic amines) is 1. The average Bonchev–Trinajstić information content (AvgIpc) is 2.72. The van der Waals surface area contributed by atoms with Gasteiger partial charge in [-0.25, -0.2) is 0 Å². The Bertz CT molecular complexity index is 553. The van der Waals surface area contributed by atoms with Gasteiger partial charge >= 0.3 is 0 Å². The number of halogens is 1. The van der Waals surface area contributed by atoms with E-state index in [2.05, 4.69) is 40.4 Å². The first-order valence-corrected chi connectivity index (χ1v) is 12.6. The maximum atomic E-state index is 11.0. The first-order valence-electron chi connectivity index (χ1n) is 10.9. The highest BCUT2D eigenvalue weighted by Crippen LogP contribution is 2.33. The second-order valence-corrected chi connectivity index (χ2v) is 9.31. The standard InChI is InChI=1S/C22H38ClN3OS2/c23-21-6-4-20(5-7-21)22(27)8-14-25(15-9-22)12-2-1-3-13-26(17-19-29)16-10-24-11-18-28/h4-7,24,27-29H,1-3,8-19H2. The molecule has 1 heterocycles. The Morgan fingerprint density at radius 1 is 0.966 bits per heavy atom. The fraction of sp³-hybridized carbons (Fsp3) is 0.727. The fourth-order valence-corrected chi connectivity index (χ4v) is 4.53. The molecule has 0 aromatic heterocycles. The number of nitrogens with one attached hydrogen (secondary N) is 1. The van der Waals surface area contributed by atoms with Crippen LogP contribution < -0.4 is 5.32 Å². The van der Waals surface area contributed by atoms with Crippen LogP contribution in [0.25, 0.3) is 0 Å². The van der Waals surface area contributed by atoms with E-state index in [1.807, 2.05) is 24.3 Å². The number of unbranched alkanes of at least 4 members (excludes halogenated alkanes) is 2. The Labute approximate surface area is 193 Å². The number of hydrogen-bond donors (Lipinski definition) is 4. The van der Waals surface area contributed by atoms with Gasteiger partial charge in [0.25, 0.3) is 0 Å². The first-order chi connectivity index (χ1) is 14.1. The molecule has 1 fully saturated rings. The molecule has 4 nitrogen and oxygen atoms in total. The van der Waals surface area contributed by atoms with Gasteiger partial charge in [0, 0.05) is 55.8 Å². The molecule has 7 heteroatoms. The van der Waals surface area contributed by atoms with E-state index in [9.17, 15) is 5.11 Å². The molecule has 0 spiro atoms. The van der Waals surface area contributed by atoms with E-state index in [0.29, 0.717) is 0 Å². The van der Waals surface area contributed by atoms with Crippen LogP contribution in [-0.2, 0) is 5.60 Å². The van der Waals surface area contributed by atoms with E-state index in [-0.39, 0.29) is 0 Å². The van der Waals surface area contributed by atoms with Gasteiger partial charge in [-0.3, -0.25) is 0 Å². The highest BCUT2D eigenvalue weighted by atomic mass is 35.5. The summed E-state index contributed by atoms with van der Waals surface area (Å²) >= 11 is 14.6. The van der Waals surface area contributed by atoms with Crippen molar-refractivity contribution in [3.63, 3.8) is 0 Å². The summed E-state index contributed by atoms with van der Waals surface area (Å²) in [7, 11) is 0. The highest BCUT2D eigenvalue weighted by Gasteiger charge is 2.33. The van der Waals surface area contributed by atoms with Crippen LogP contribution in [-0.4, -0.2) is 78.8 Å². The molecule has 1 aliphatic heterocycles. The van der Waals surface area contributed by atoms with Crippen molar-refractivity contribution in [1.29, 1.82) is 0 Å². The number of nitrogens with zero attached hydrogens (tertiary/aromatic N) is 2. The molecule has 0 bridgehead atoms. The first kappa shape index (κ1) is 25.3. The molecule has 0 saturated carbocycles. The van der Waals surface area contributed by atoms with Gasteiger partial charge in [0.1, 0.15) is 0 Å². The zero-order valence-corrected chi connectivity index (χ0v) is 20.1. The van der Waals surface area contributed by atoms with Gasteiger partial charge in [-0.1, -0.05) is 30.2 Å². The molecule has 1 saturated heterocycles. The molecule has 0 amide bonds. The van der Waals surface area contributed by atoms with Crippen LogP contribution in [0.2, 0.25) is 5.02 Å². The summed E-state index contributed by atoms with van der Waals surface area (Å²) in [5, 5.41) is 15.1. The largest absolute Gasteiger partial charge is 0.385 e. The third kappa shape index (κ3) is 9.38. The third-order valence-electron chi connectivity index (χ3n) is 5.82. The van der Waals surface area contributed by atoms with Crippen LogP contribution in [0.3, 0.4) is 0 Å². The average molecular weight is 460 g/mol. The highest BCUT2D eigenvalue weighted by molar-refractivity contribution is 7.80. The molecule has 2 rings (SSSR count). The molecule has 1 aliphatic rings.